The number of sulfonamides is 1. The van der Waals surface area contributed by atoms with E-state index in [0.29, 0.717) is 37.3 Å². The Morgan fingerprint density at radius 2 is 1.95 bits per heavy atom. The Balaban J connectivity index is 1.09. The SMILES string of the molecule is CC/C=C/[C@](CN1CCN2CCOC[C@@H]2C1)(OC)[C@@H]1CC[C@H]1CN1C[C@@]2(CCCc3cc(Cl)ccc32)COc2ccc(C(=O)NS(=O)(=O)[C@H](C)Cc3ccccc3)cc21. The molecule has 1 amide bonds. The highest BCUT2D eigenvalue weighted by atomic mass is 35.5. The number of hydrogen-bond donors (Lipinski definition) is 1. The molecule has 2 saturated heterocycles. The smallest absolute Gasteiger partial charge is 0.264 e. The number of carbonyl (C=O) groups excluding carboxylic acids is 1. The molecule has 0 bridgehead atoms. The van der Waals surface area contributed by atoms with E-state index in [1.165, 1.54) is 11.1 Å². The van der Waals surface area contributed by atoms with E-state index in [-0.39, 0.29) is 16.9 Å². The molecule has 1 N–H and O–H groups in total. The molecule has 5 aliphatic rings. The monoisotopic (exact) mass is 844 g/mol. The molecule has 3 aliphatic heterocycles. The van der Waals surface area contributed by atoms with Crippen LogP contribution in [0.5, 0.6) is 5.75 Å². The molecule has 2 aliphatic carbocycles. The molecule has 318 valence electrons. The number of nitrogens with one attached hydrogen (secondary N) is 1. The number of allylic oxidation sites excluding steroid dienone is 1. The summed E-state index contributed by atoms with van der Waals surface area (Å²) in [6, 6.07) is 21.5. The van der Waals surface area contributed by atoms with Crippen molar-refractivity contribution in [1.82, 2.24) is 14.5 Å². The Kier molecular flexibility index (Phi) is 12.8. The zero-order valence-corrected chi connectivity index (χ0v) is 36.5. The van der Waals surface area contributed by atoms with Crippen LogP contribution in [0.25, 0.3) is 0 Å². The van der Waals surface area contributed by atoms with Gasteiger partial charge in [0.25, 0.3) is 5.91 Å². The number of nitrogens with zero attached hydrogens (tertiary/aromatic N) is 3. The van der Waals surface area contributed by atoms with Gasteiger partial charge in [-0.25, -0.2) is 13.1 Å². The third-order valence-electron chi connectivity index (χ3n) is 13.9. The number of piperazine rings is 1. The second kappa shape index (κ2) is 17.9. The molecular formula is C47H61ClN4O6S. The molecule has 12 heteroatoms. The van der Waals surface area contributed by atoms with E-state index < -0.39 is 26.8 Å². The number of aryl methyl sites for hydroxylation is 1. The number of benzene rings is 3. The maximum Gasteiger partial charge on any atom is 0.264 e. The van der Waals surface area contributed by atoms with Gasteiger partial charge in [0.15, 0.2) is 0 Å². The normalized spacial score (nSPS) is 26.4. The number of morpholine rings is 1. The number of fused-ring (bicyclic) bond motifs is 4. The highest BCUT2D eigenvalue weighted by Gasteiger charge is 2.50. The van der Waals surface area contributed by atoms with Crippen molar-refractivity contribution >= 4 is 33.2 Å². The lowest BCUT2D eigenvalue weighted by Crippen LogP contribution is -2.62. The first kappa shape index (κ1) is 42.2. The van der Waals surface area contributed by atoms with Crippen molar-refractivity contribution in [1.29, 1.82) is 0 Å². The van der Waals surface area contributed by atoms with Gasteiger partial charge in [-0.05, 0) is 111 Å². The molecule has 3 fully saturated rings. The number of methoxy groups -OCH3 is 1. The first-order valence-electron chi connectivity index (χ1n) is 21.7. The van der Waals surface area contributed by atoms with Crippen LogP contribution in [0.15, 0.2) is 78.9 Å². The third kappa shape index (κ3) is 8.98. The van der Waals surface area contributed by atoms with Crippen molar-refractivity contribution in [2.75, 3.05) is 77.6 Å². The van der Waals surface area contributed by atoms with Crippen LogP contribution >= 0.6 is 11.6 Å². The summed E-state index contributed by atoms with van der Waals surface area (Å²) < 4.78 is 48.7. The average molecular weight is 846 g/mol. The second-order valence-electron chi connectivity index (χ2n) is 17.7. The fourth-order valence-electron chi connectivity index (χ4n) is 10.5. The molecular weight excluding hydrogens is 784 g/mol. The van der Waals surface area contributed by atoms with Gasteiger partial charge >= 0.3 is 0 Å². The van der Waals surface area contributed by atoms with Gasteiger partial charge in [0.1, 0.15) is 11.4 Å². The van der Waals surface area contributed by atoms with Crippen LogP contribution in [-0.4, -0.2) is 114 Å². The molecule has 10 nitrogen and oxygen atoms in total. The van der Waals surface area contributed by atoms with Crippen LogP contribution in [0.2, 0.25) is 5.02 Å². The number of amides is 1. The molecule has 3 aromatic carbocycles. The summed E-state index contributed by atoms with van der Waals surface area (Å²) >= 11 is 6.55. The van der Waals surface area contributed by atoms with Gasteiger partial charge in [-0.1, -0.05) is 67.1 Å². The van der Waals surface area contributed by atoms with Gasteiger partial charge in [-0.3, -0.25) is 14.6 Å². The van der Waals surface area contributed by atoms with E-state index in [2.05, 4.69) is 50.6 Å². The first-order chi connectivity index (χ1) is 28.5. The van der Waals surface area contributed by atoms with Crippen LogP contribution in [0, 0.1) is 11.8 Å². The Hall–Kier alpha value is -3.45. The molecule has 3 heterocycles. The second-order valence-corrected chi connectivity index (χ2v) is 20.2. The van der Waals surface area contributed by atoms with Crippen LogP contribution in [0.4, 0.5) is 5.69 Å². The Bertz CT molecular complexity index is 2100. The molecule has 3 aromatic rings. The lowest BCUT2D eigenvalue weighted by molar-refractivity contribution is -0.108. The maximum absolute atomic E-state index is 13.9. The summed E-state index contributed by atoms with van der Waals surface area (Å²) in [5.74, 6) is 0.646. The fraction of sp³-hybridized carbons (Fsp3) is 0.553. The summed E-state index contributed by atoms with van der Waals surface area (Å²) in [4.78, 5) is 21.5. The van der Waals surface area contributed by atoms with Crippen LogP contribution in [0.1, 0.15) is 73.0 Å². The minimum Gasteiger partial charge on any atom is -0.490 e. The Morgan fingerprint density at radius 3 is 2.73 bits per heavy atom. The van der Waals surface area contributed by atoms with Crippen LogP contribution < -0.4 is 14.4 Å². The highest BCUT2D eigenvalue weighted by Crippen LogP contribution is 2.49. The van der Waals surface area contributed by atoms with Gasteiger partial charge in [0.05, 0.1) is 30.8 Å². The Labute approximate surface area is 356 Å². The molecule has 59 heavy (non-hydrogen) atoms. The summed E-state index contributed by atoms with van der Waals surface area (Å²) in [5, 5.41) is -0.0579. The fourth-order valence-corrected chi connectivity index (χ4v) is 11.7. The molecule has 0 unspecified atom stereocenters. The van der Waals surface area contributed by atoms with Crippen molar-refractivity contribution < 1.29 is 27.4 Å². The summed E-state index contributed by atoms with van der Waals surface area (Å²) in [7, 11) is -2.09. The first-order valence-corrected chi connectivity index (χ1v) is 23.6. The number of hydrogen-bond acceptors (Lipinski definition) is 9. The van der Waals surface area contributed by atoms with E-state index in [1.54, 1.807) is 13.0 Å². The molecule has 6 atom stereocenters. The van der Waals surface area contributed by atoms with E-state index >= 15 is 0 Å². The zero-order valence-electron chi connectivity index (χ0n) is 34.9. The largest absolute Gasteiger partial charge is 0.490 e. The zero-order chi connectivity index (χ0) is 41.2. The molecule has 1 saturated carbocycles. The minimum atomic E-state index is -3.96. The lowest BCUT2D eigenvalue weighted by atomic mass is 9.63. The van der Waals surface area contributed by atoms with Crippen molar-refractivity contribution in [3.05, 3.63) is 106 Å². The predicted octanol–water partition coefficient (Wildman–Crippen LogP) is 6.90. The van der Waals surface area contributed by atoms with Gasteiger partial charge in [0.2, 0.25) is 10.0 Å². The van der Waals surface area contributed by atoms with Crippen molar-refractivity contribution in [3.8, 4) is 5.75 Å². The molecule has 1 spiro atoms. The Morgan fingerprint density at radius 1 is 1.10 bits per heavy atom. The number of carbonyl (C=O) groups is 1. The van der Waals surface area contributed by atoms with E-state index in [0.717, 1.165) is 107 Å². The summed E-state index contributed by atoms with van der Waals surface area (Å²) in [6.45, 7) is 12.2. The number of rotatable bonds is 13. The third-order valence-corrected chi connectivity index (χ3v) is 15.9. The van der Waals surface area contributed by atoms with Gasteiger partial charge in [-0.15, -0.1) is 0 Å². The highest BCUT2D eigenvalue weighted by molar-refractivity contribution is 7.90. The molecule has 0 aromatic heterocycles. The van der Waals surface area contributed by atoms with Crippen molar-refractivity contribution in [2.24, 2.45) is 11.8 Å². The van der Waals surface area contributed by atoms with Crippen LogP contribution in [-0.2, 0) is 37.8 Å². The van der Waals surface area contributed by atoms with Crippen molar-refractivity contribution in [2.45, 2.75) is 81.1 Å². The number of ether oxygens (including phenoxy) is 3. The maximum atomic E-state index is 13.9. The van der Waals surface area contributed by atoms with Crippen molar-refractivity contribution in [3.63, 3.8) is 0 Å². The molecule has 0 radical (unpaired) electrons. The van der Waals surface area contributed by atoms with Gasteiger partial charge < -0.3 is 19.1 Å². The number of anilines is 1. The quantitative estimate of drug-likeness (QED) is 0.184. The topological polar surface area (TPSA) is 101 Å². The van der Waals surface area contributed by atoms with E-state index in [1.807, 2.05) is 55.6 Å². The van der Waals surface area contributed by atoms with E-state index in [4.69, 9.17) is 25.8 Å². The predicted molar refractivity (Wildman–Crippen MR) is 234 cm³/mol. The molecule has 8 rings (SSSR count). The van der Waals surface area contributed by atoms with Crippen LogP contribution in [0.3, 0.4) is 0 Å². The average Bonchev–Trinajstić information content (AvgIpc) is 3.38. The van der Waals surface area contributed by atoms with Gasteiger partial charge in [-0.2, -0.15) is 0 Å². The summed E-state index contributed by atoms with van der Waals surface area (Å²) in [5.41, 5.74) is 3.79. The lowest BCUT2D eigenvalue weighted by Gasteiger charge is -2.53. The standard InChI is InChI=1S/C47H61ClN4O6S/c1-4-5-20-47(56-3,32-50-21-22-51-23-24-57-30-40(51)29-50)42-16-13-38(42)28-52-31-46(19-9-12-36-26-39(48)15-17-41(36)46)33-58-44-18-14-37(27-43(44)52)45(53)49-59(54,55)34(2)25-35-10-7-6-8-11-35/h5-8,10-11,14-15,17-18,20,26-27,34,38,40,42H,4,9,12-13,16,19,21-25,28-33H2,1-3H3,(H,49,53)/b20-5+/t34-,38+,40+,42-,46+,47-/m1/s1. The number of halogens is 1. The van der Waals surface area contributed by atoms with E-state index in [9.17, 15) is 13.2 Å². The summed E-state index contributed by atoms with van der Waals surface area (Å²) in [6.07, 6.45) is 10.9. The minimum absolute atomic E-state index is 0.277. The van der Waals surface area contributed by atoms with Gasteiger partial charge in [0, 0.05) is 75.0 Å².